The molecule has 0 aliphatic rings. The van der Waals surface area contributed by atoms with E-state index in [-0.39, 0.29) is 5.82 Å². The maximum atomic E-state index is 12.9. The number of nitrogens with one attached hydrogen (secondary N) is 2. The molecule has 0 atom stereocenters. The molecule has 0 bridgehead atoms. The summed E-state index contributed by atoms with van der Waals surface area (Å²) >= 11 is 5.32. The van der Waals surface area contributed by atoms with Crippen LogP contribution < -0.4 is 20.1 Å². The fourth-order valence-electron chi connectivity index (χ4n) is 2.48. The van der Waals surface area contributed by atoms with Crippen LogP contribution in [0.5, 0.6) is 11.5 Å². The number of halogens is 1. The van der Waals surface area contributed by atoms with Gasteiger partial charge in [0, 0.05) is 12.2 Å². The van der Waals surface area contributed by atoms with Gasteiger partial charge in [0.05, 0.1) is 7.11 Å². The topological polar surface area (TPSA) is 42.5 Å². The first-order valence-electron chi connectivity index (χ1n) is 8.77. The summed E-state index contributed by atoms with van der Waals surface area (Å²) in [5, 5.41) is 6.85. The molecule has 6 heteroatoms. The minimum Gasteiger partial charge on any atom is -0.497 e. The van der Waals surface area contributed by atoms with E-state index >= 15 is 0 Å². The minimum atomic E-state index is -0.250. The van der Waals surface area contributed by atoms with Crippen LogP contribution in [0.2, 0.25) is 0 Å². The Labute approximate surface area is 169 Å². The predicted octanol–water partition coefficient (Wildman–Crippen LogP) is 4.90. The number of anilines is 1. The van der Waals surface area contributed by atoms with E-state index in [1.807, 2.05) is 48.5 Å². The zero-order chi connectivity index (χ0) is 19.8. The summed E-state index contributed by atoms with van der Waals surface area (Å²) in [7, 11) is 1.63. The summed E-state index contributed by atoms with van der Waals surface area (Å²) < 4.78 is 23.8. The van der Waals surface area contributed by atoms with E-state index in [2.05, 4.69) is 10.6 Å². The molecular formula is C22H21FN2O2S. The highest BCUT2D eigenvalue weighted by molar-refractivity contribution is 7.80. The fourth-order valence-corrected chi connectivity index (χ4v) is 2.67. The number of methoxy groups -OCH3 is 1. The molecule has 3 aromatic carbocycles. The fraction of sp³-hybridized carbons (Fsp3) is 0.136. The molecule has 0 unspecified atom stereocenters. The number of hydrogen-bond donors (Lipinski definition) is 2. The quantitative estimate of drug-likeness (QED) is 0.556. The van der Waals surface area contributed by atoms with Crippen molar-refractivity contribution < 1.29 is 13.9 Å². The number of ether oxygens (including phenoxy) is 2. The van der Waals surface area contributed by atoms with Crippen LogP contribution in [0.15, 0.2) is 72.8 Å². The van der Waals surface area contributed by atoms with Crippen molar-refractivity contribution in [1.82, 2.24) is 5.32 Å². The number of thiocarbonyl (C=S) groups is 1. The lowest BCUT2D eigenvalue weighted by molar-refractivity contribution is 0.306. The summed E-state index contributed by atoms with van der Waals surface area (Å²) in [6, 6.07) is 21.6. The van der Waals surface area contributed by atoms with Crippen LogP contribution in [0.4, 0.5) is 10.1 Å². The van der Waals surface area contributed by atoms with E-state index in [9.17, 15) is 4.39 Å². The first kappa shape index (κ1) is 19.6. The third kappa shape index (κ3) is 5.96. The van der Waals surface area contributed by atoms with Gasteiger partial charge in [-0.05, 0) is 71.9 Å². The van der Waals surface area contributed by atoms with Crippen molar-refractivity contribution in [2.75, 3.05) is 12.4 Å². The molecule has 0 aliphatic heterocycles. The predicted molar refractivity (Wildman–Crippen MR) is 113 cm³/mol. The summed E-state index contributed by atoms with van der Waals surface area (Å²) in [5.41, 5.74) is 2.89. The molecule has 0 amide bonds. The first-order chi connectivity index (χ1) is 13.6. The highest BCUT2D eigenvalue weighted by atomic mass is 32.1. The maximum Gasteiger partial charge on any atom is 0.171 e. The molecule has 0 radical (unpaired) electrons. The average Bonchev–Trinajstić information content (AvgIpc) is 2.73. The second-order valence-electron chi connectivity index (χ2n) is 6.10. The Hall–Kier alpha value is -3.12. The standard InChI is InChI=1S/C22H21FN2O2S/c1-26-20-12-8-19(9-13-20)25-22(28)24-14-16-4-10-21(11-5-16)27-15-17-2-6-18(23)7-3-17/h2-13H,14-15H2,1H3,(H2,24,25,28). The van der Waals surface area contributed by atoms with E-state index < -0.39 is 0 Å². The molecule has 3 rings (SSSR count). The number of benzene rings is 3. The summed E-state index contributed by atoms with van der Waals surface area (Å²) in [6.45, 7) is 0.994. The molecule has 0 saturated heterocycles. The molecule has 0 heterocycles. The maximum absolute atomic E-state index is 12.9. The van der Waals surface area contributed by atoms with Gasteiger partial charge in [-0.1, -0.05) is 24.3 Å². The van der Waals surface area contributed by atoms with Gasteiger partial charge in [0.2, 0.25) is 0 Å². The van der Waals surface area contributed by atoms with Crippen LogP contribution in [-0.4, -0.2) is 12.2 Å². The second-order valence-corrected chi connectivity index (χ2v) is 6.50. The molecule has 3 aromatic rings. The van der Waals surface area contributed by atoms with Crippen LogP contribution in [0, 0.1) is 5.82 Å². The molecule has 2 N–H and O–H groups in total. The largest absolute Gasteiger partial charge is 0.497 e. The first-order valence-corrected chi connectivity index (χ1v) is 9.18. The lowest BCUT2D eigenvalue weighted by Gasteiger charge is -2.12. The Morgan fingerprint density at radius 1 is 0.857 bits per heavy atom. The van der Waals surface area contributed by atoms with Crippen LogP contribution in [0.3, 0.4) is 0 Å². The molecule has 144 valence electrons. The van der Waals surface area contributed by atoms with Crippen molar-refractivity contribution in [1.29, 1.82) is 0 Å². The zero-order valence-electron chi connectivity index (χ0n) is 15.4. The van der Waals surface area contributed by atoms with Gasteiger partial charge in [-0.15, -0.1) is 0 Å². The minimum absolute atomic E-state index is 0.250. The highest BCUT2D eigenvalue weighted by Crippen LogP contribution is 2.16. The number of hydrogen-bond acceptors (Lipinski definition) is 3. The zero-order valence-corrected chi connectivity index (χ0v) is 16.3. The molecule has 0 fully saturated rings. The van der Waals surface area contributed by atoms with Crippen LogP contribution in [0.25, 0.3) is 0 Å². The average molecular weight is 396 g/mol. The highest BCUT2D eigenvalue weighted by Gasteiger charge is 2.01. The van der Waals surface area contributed by atoms with Gasteiger partial charge in [0.15, 0.2) is 5.11 Å². The Kier molecular flexibility index (Phi) is 6.81. The molecular weight excluding hydrogens is 375 g/mol. The van der Waals surface area contributed by atoms with E-state index in [1.54, 1.807) is 19.2 Å². The van der Waals surface area contributed by atoms with Crippen molar-refractivity contribution >= 4 is 23.0 Å². The van der Waals surface area contributed by atoms with Crippen LogP contribution >= 0.6 is 12.2 Å². The van der Waals surface area contributed by atoms with Crippen LogP contribution in [0.1, 0.15) is 11.1 Å². The Bertz CT molecular complexity index is 897. The van der Waals surface area contributed by atoms with Gasteiger partial charge in [-0.3, -0.25) is 0 Å². The van der Waals surface area contributed by atoms with E-state index in [0.717, 1.165) is 28.3 Å². The third-order valence-corrected chi connectivity index (χ3v) is 4.29. The lowest BCUT2D eigenvalue weighted by atomic mass is 10.2. The van der Waals surface area contributed by atoms with Crippen molar-refractivity contribution in [2.45, 2.75) is 13.2 Å². The Balaban J connectivity index is 1.44. The van der Waals surface area contributed by atoms with Gasteiger partial charge < -0.3 is 20.1 Å². The van der Waals surface area contributed by atoms with Crippen LogP contribution in [-0.2, 0) is 13.2 Å². The van der Waals surface area contributed by atoms with E-state index in [0.29, 0.717) is 18.3 Å². The lowest BCUT2D eigenvalue weighted by Crippen LogP contribution is -2.27. The smallest absolute Gasteiger partial charge is 0.171 e. The van der Waals surface area contributed by atoms with Gasteiger partial charge in [-0.2, -0.15) is 0 Å². The second kappa shape index (κ2) is 9.71. The third-order valence-electron chi connectivity index (χ3n) is 4.04. The van der Waals surface area contributed by atoms with E-state index in [1.165, 1.54) is 12.1 Å². The Morgan fingerprint density at radius 3 is 2.11 bits per heavy atom. The normalized spacial score (nSPS) is 10.2. The molecule has 0 aliphatic carbocycles. The number of rotatable bonds is 7. The summed E-state index contributed by atoms with van der Waals surface area (Å²) in [4.78, 5) is 0. The molecule has 4 nitrogen and oxygen atoms in total. The Morgan fingerprint density at radius 2 is 1.46 bits per heavy atom. The van der Waals surface area contributed by atoms with Crippen molar-refractivity contribution in [3.05, 3.63) is 89.7 Å². The molecule has 0 aromatic heterocycles. The monoisotopic (exact) mass is 396 g/mol. The van der Waals surface area contributed by atoms with Crippen molar-refractivity contribution in [2.24, 2.45) is 0 Å². The van der Waals surface area contributed by atoms with Crippen molar-refractivity contribution in [3.63, 3.8) is 0 Å². The molecule has 0 saturated carbocycles. The van der Waals surface area contributed by atoms with Gasteiger partial charge in [0.1, 0.15) is 23.9 Å². The SMILES string of the molecule is COc1ccc(NC(=S)NCc2ccc(OCc3ccc(F)cc3)cc2)cc1. The molecule has 28 heavy (non-hydrogen) atoms. The van der Waals surface area contributed by atoms with Gasteiger partial charge in [0.25, 0.3) is 0 Å². The molecule has 0 spiro atoms. The summed E-state index contributed by atoms with van der Waals surface area (Å²) in [6.07, 6.45) is 0. The van der Waals surface area contributed by atoms with Gasteiger partial charge in [-0.25, -0.2) is 4.39 Å². The summed E-state index contributed by atoms with van der Waals surface area (Å²) in [5.74, 6) is 1.30. The van der Waals surface area contributed by atoms with E-state index in [4.69, 9.17) is 21.7 Å². The van der Waals surface area contributed by atoms with Crippen molar-refractivity contribution in [3.8, 4) is 11.5 Å². The van der Waals surface area contributed by atoms with Gasteiger partial charge >= 0.3 is 0 Å².